The van der Waals surface area contributed by atoms with Crippen LogP contribution >= 0.6 is 11.6 Å². The number of benzene rings is 1. The van der Waals surface area contributed by atoms with Gasteiger partial charge in [0.15, 0.2) is 0 Å². The third-order valence-electron chi connectivity index (χ3n) is 2.03. The molecular formula is C10H8ClNO2. The largest absolute Gasteiger partial charge is 0.464 e. The third-order valence-corrected chi connectivity index (χ3v) is 2.27. The highest BCUT2D eigenvalue weighted by Crippen LogP contribution is 2.16. The van der Waals surface area contributed by atoms with Gasteiger partial charge in [0.1, 0.15) is 10.9 Å². The molecule has 0 aliphatic carbocycles. The number of hydrogen-bond donors (Lipinski definition) is 1. The van der Waals surface area contributed by atoms with Crippen LogP contribution in [0.15, 0.2) is 34.0 Å². The summed E-state index contributed by atoms with van der Waals surface area (Å²) in [4.78, 5) is 0. The predicted octanol–water partition coefficient (Wildman–Crippen LogP) is 2.68. The molecule has 0 aliphatic rings. The maximum Gasteiger partial charge on any atom is 0.136 e. The maximum atomic E-state index is 8.85. The number of rotatable bonds is 0. The zero-order valence-corrected chi connectivity index (χ0v) is 8.25. The van der Waals surface area contributed by atoms with Crippen LogP contribution in [0.5, 0.6) is 0 Å². The SMILES string of the molecule is Cc1coc2ccc(Cl)cc2/c1=N/O. The molecule has 14 heavy (non-hydrogen) atoms. The molecule has 2 rings (SSSR count). The van der Waals surface area contributed by atoms with E-state index < -0.39 is 0 Å². The molecule has 3 nitrogen and oxygen atoms in total. The van der Waals surface area contributed by atoms with Crippen molar-refractivity contribution in [3.05, 3.63) is 40.4 Å². The predicted molar refractivity (Wildman–Crippen MR) is 53.3 cm³/mol. The van der Waals surface area contributed by atoms with Crippen molar-refractivity contribution in [1.29, 1.82) is 0 Å². The molecule has 1 aromatic carbocycles. The van der Waals surface area contributed by atoms with Crippen molar-refractivity contribution in [3.63, 3.8) is 0 Å². The van der Waals surface area contributed by atoms with E-state index in [1.807, 2.05) is 0 Å². The molecule has 0 atom stereocenters. The summed E-state index contributed by atoms with van der Waals surface area (Å²) in [5.41, 5.74) is 1.41. The van der Waals surface area contributed by atoms with Gasteiger partial charge in [-0.3, -0.25) is 0 Å². The molecule has 1 aromatic heterocycles. The smallest absolute Gasteiger partial charge is 0.136 e. The summed E-state index contributed by atoms with van der Waals surface area (Å²) in [6.07, 6.45) is 1.55. The van der Waals surface area contributed by atoms with Crippen molar-refractivity contribution in [1.82, 2.24) is 0 Å². The van der Waals surface area contributed by atoms with Crippen molar-refractivity contribution in [2.45, 2.75) is 6.92 Å². The van der Waals surface area contributed by atoms with Crippen LogP contribution in [-0.2, 0) is 0 Å². The summed E-state index contributed by atoms with van der Waals surface area (Å²) < 4.78 is 5.31. The van der Waals surface area contributed by atoms with Gasteiger partial charge in [0.2, 0.25) is 0 Å². The fraction of sp³-hybridized carbons (Fsp3) is 0.100. The summed E-state index contributed by atoms with van der Waals surface area (Å²) in [6.45, 7) is 1.80. The number of halogens is 1. The molecule has 0 amide bonds. The minimum Gasteiger partial charge on any atom is -0.464 e. The molecule has 0 aliphatic heterocycles. The fourth-order valence-corrected chi connectivity index (χ4v) is 1.51. The van der Waals surface area contributed by atoms with Crippen LogP contribution in [0.3, 0.4) is 0 Å². The first-order valence-corrected chi connectivity index (χ1v) is 4.46. The Bertz CT molecular complexity index is 540. The van der Waals surface area contributed by atoms with Crippen LogP contribution < -0.4 is 5.36 Å². The minimum absolute atomic E-state index is 0.494. The van der Waals surface area contributed by atoms with Crippen molar-refractivity contribution in [2.24, 2.45) is 5.16 Å². The highest BCUT2D eigenvalue weighted by Gasteiger charge is 2.02. The van der Waals surface area contributed by atoms with Gasteiger partial charge in [-0.15, -0.1) is 0 Å². The van der Waals surface area contributed by atoms with Gasteiger partial charge < -0.3 is 9.62 Å². The topological polar surface area (TPSA) is 45.7 Å². The summed E-state index contributed by atoms with van der Waals surface area (Å²) in [7, 11) is 0. The number of nitrogens with zero attached hydrogens (tertiary/aromatic N) is 1. The van der Waals surface area contributed by atoms with Crippen molar-refractivity contribution in [2.75, 3.05) is 0 Å². The van der Waals surface area contributed by atoms with Gasteiger partial charge in [0.05, 0.1) is 6.26 Å². The van der Waals surface area contributed by atoms with Crippen LogP contribution in [0, 0.1) is 6.92 Å². The molecular weight excluding hydrogens is 202 g/mol. The van der Waals surface area contributed by atoms with E-state index in [0.717, 1.165) is 5.56 Å². The molecule has 0 radical (unpaired) electrons. The quantitative estimate of drug-likeness (QED) is 0.536. The molecule has 0 saturated carbocycles. The van der Waals surface area contributed by atoms with Crippen LogP contribution in [-0.4, -0.2) is 5.21 Å². The Morgan fingerprint density at radius 3 is 2.93 bits per heavy atom. The van der Waals surface area contributed by atoms with E-state index in [-0.39, 0.29) is 0 Å². The van der Waals surface area contributed by atoms with E-state index >= 15 is 0 Å². The van der Waals surface area contributed by atoms with Crippen LogP contribution in [0.1, 0.15) is 5.56 Å². The van der Waals surface area contributed by atoms with E-state index in [2.05, 4.69) is 5.16 Å². The monoisotopic (exact) mass is 209 g/mol. The zero-order valence-electron chi connectivity index (χ0n) is 7.49. The lowest BCUT2D eigenvalue weighted by atomic mass is 10.2. The van der Waals surface area contributed by atoms with Crippen molar-refractivity contribution in [3.8, 4) is 0 Å². The Balaban J connectivity index is 3.00. The highest BCUT2D eigenvalue weighted by atomic mass is 35.5. The van der Waals surface area contributed by atoms with Gasteiger partial charge in [-0.25, -0.2) is 0 Å². The second kappa shape index (κ2) is 3.35. The van der Waals surface area contributed by atoms with E-state index in [0.29, 0.717) is 21.3 Å². The summed E-state index contributed by atoms with van der Waals surface area (Å²) in [5.74, 6) is 0. The third kappa shape index (κ3) is 1.36. The maximum absolute atomic E-state index is 8.85. The molecule has 0 bridgehead atoms. The second-order valence-corrected chi connectivity index (χ2v) is 3.44. The Kier molecular flexibility index (Phi) is 2.17. The van der Waals surface area contributed by atoms with E-state index in [1.54, 1.807) is 31.4 Å². The van der Waals surface area contributed by atoms with E-state index in [9.17, 15) is 0 Å². The molecule has 0 spiro atoms. The van der Waals surface area contributed by atoms with Gasteiger partial charge in [0, 0.05) is 16.0 Å². The first kappa shape index (κ1) is 9.09. The number of aryl methyl sites for hydroxylation is 1. The average molecular weight is 210 g/mol. The van der Waals surface area contributed by atoms with Crippen LogP contribution in [0.4, 0.5) is 0 Å². The molecule has 72 valence electrons. The van der Waals surface area contributed by atoms with Crippen LogP contribution in [0.25, 0.3) is 11.0 Å². The van der Waals surface area contributed by atoms with E-state index in [4.69, 9.17) is 21.2 Å². The Labute approximate surface area is 85.2 Å². The van der Waals surface area contributed by atoms with E-state index in [1.165, 1.54) is 0 Å². The molecule has 0 unspecified atom stereocenters. The molecule has 2 aromatic rings. The Hall–Kier alpha value is -1.48. The second-order valence-electron chi connectivity index (χ2n) is 3.01. The van der Waals surface area contributed by atoms with Gasteiger partial charge in [-0.05, 0) is 25.1 Å². The van der Waals surface area contributed by atoms with Crippen molar-refractivity contribution < 1.29 is 9.62 Å². The van der Waals surface area contributed by atoms with Gasteiger partial charge in [-0.2, -0.15) is 0 Å². The molecule has 0 saturated heterocycles. The van der Waals surface area contributed by atoms with Gasteiger partial charge in [0.25, 0.3) is 0 Å². The van der Waals surface area contributed by atoms with Gasteiger partial charge in [-0.1, -0.05) is 16.8 Å². The molecule has 0 fully saturated rings. The lowest BCUT2D eigenvalue weighted by Crippen LogP contribution is -2.07. The summed E-state index contributed by atoms with van der Waals surface area (Å²) in [6, 6.07) is 5.18. The number of fused-ring (bicyclic) bond motifs is 1. The summed E-state index contributed by atoms with van der Waals surface area (Å²) in [5, 5.41) is 13.9. The standard InChI is InChI=1S/C10H8ClNO2/c1-6-5-14-9-3-2-7(11)4-8(9)10(6)12-13/h2-5,13H,1H3/b12-10+. The number of hydrogen-bond acceptors (Lipinski definition) is 3. The normalized spacial score (nSPS) is 12.3. The first-order valence-electron chi connectivity index (χ1n) is 4.08. The summed E-state index contributed by atoms with van der Waals surface area (Å²) >= 11 is 5.83. The molecule has 1 N–H and O–H groups in total. The first-order chi connectivity index (χ1) is 6.72. The van der Waals surface area contributed by atoms with Gasteiger partial charge >= 0.3 is 0 Å². The molecule has 1 heterocycles. The minimum atomic E-state index is 0.494. The lowest BCUT2D eigenvalue weighted by molar-refractivity contribution is 0.302. The fourth-order valence-electron chi connectivity index (χ4n) is 1.34. The Morgan fingerprint density at radius 1 is 1.43 bits per heavy atom. The zero-order chi connectivity index (χ0) is 10.1. The van der Waals surface area contributed by atoms with Crippen molar-refractivity contribution >= 4 is 22.6 Å². The highest BCUT2D eigenvalue weighted by molar-refractivity contribution is 6.31. The molecule has 4 heteroatoms. The lowest BCUT2D eigenvalue weighted by Gasteiger charge is -1.99. The Morgan fingerprint density at radius 2 is 2.21 bits per heavy atom. The average Bonchev–Trinajstić information content (AvgIpc) is 2.17. The van der Waals surface area contributed by atoms with Crippen LogP contribution in [0.2, 0.25) is 5.02 Å².